The highest BCUT2D eigenvalue weighted by Gasteiger charge is 2.37. The monoisotopic (exact) mass is 1240 g/mol. The van der Waals surface area contributed by atoms with Gasteiger partial charge in [0.2, 0.25) is 34.8 Å². The molecule has 2 N–H and O–H groups in total. The molecule has 9 rings (SSSR count). The predicted octanol–water partition coefficient (Wildman–Crippen LogP) is 12.5. The Bertz CT molecular complexity index is 4330. The highest BCUT2D eigenvalue weighted by atomic mass is 32.2. The van der Waals surface area contributed by atoms with Gasteiger partial charge in [-0.3, -0.25) is 9.11 Å². The van der Waals surface area contributed by atoms with Crippen LogP contribution in [-0.4, -0.2) is 45.7 Å². The van der Waals surface area contributed by atoms with E-state index in [1.165, 1.54) is 86.0 Å². The van der Waals surface area contributed by atoms with Crippen molar-refractivity contribution in [1.82, 2.24) is 0 Å². The predicted molar refractivity (Wildman–Crippen MR) is 290 cm³/mol. The lowest BCUT2D eigenvalue weighted by atomic mass is 10.0. The van der Waals surface area contributed by atoms with Crippen LogP contribution in [0.5, 0.6) is 40.2 Å². The summed E-state index contributed by atoms with van der Waals surface area (Å²) >= 11 is 0. The molecule has 0 heterocycles. The van der Waals surface area contributed by atoms with Crippen LogP contribution in [0.3, 0.4) is 0 Å². The number of hydrogen-bond acceptors (Lipinski definition) is 12. The number of ether oxygens (including phenoxy) is 4. The van der Waals surface area contributed by atoms with Crippen LogP contribution in [0, 0.1) is 53.5 Å². The Balaban J connectivity index is 0.00000223. The van der Waals surface area contributed by atoms with Crippen LogP contribution in [0.4, 0.5) is 35.1 Å². The van der Waals surface area contributed by atoms with E-state index < -0.39 is 117 Å². The molecule has 1 atom stereocenters. The molecule has 14 nitrogen and oxygen atoms in total. The standard InChI is InChI=1S/C58H39F8O11PS2.O3S/c1-32-6-24-41(25-7-32)78(67,42-4-3-5-44(30-42)79(68,69)70)43-26-27-45(46(31-43)80(71,72)73)75-38-18-10-34(11-19-38)29-36-14-22-40(23-15-36)77-58-55(65)51(61)48(52(62)56(58)66)47-49(59)53(63)57(54(64)50(47)60)76-39-20-12-35(13-21-39)28-33-8-16-37(74-2)17-9-33;1-4(2)3/h3-27,30-31H,28-29H2,1-2H3,(H,68,69,70)(H,71,72,73);. The third kappa shape index (κ3) is 13.5. The highest BCUT2D eigenvalue weighted by molar-refractivity contribution is 7.87. The molecule has 0 amide bonds. The Kier molecular flexibility index (Phi) is 18.3. The Morgan fingerprint density at radius 2 is 0.798 bits per heavy atom. The number of benzene rings is 9. The normalized spacial score (nSPS) is 12.1. The maximum Gasteiger partial charge on any atom is 0.425 e. The first-order chi connectivity index (χ1) is 39.7. The van der Waals surface area contributed by atoms with Crippen molar-refractivity contribution >= 4 is 53.9 Å². The summed E-state index contributed by atoms with van der Waals surface area (Å²) in [6.45, 7) is 1.77. The van der Waals surface area contributed by atoms with Crippen LogP contribution in [0.25, 0.3) is 11.1 Å². The van der Waals surface area contributed by atoms with Crippen molar-refractivity contribution in [3.63, 3.8) is 0 Å². The molecule has 9 aromatic rings. The maximum absolute atomic E-state index is 15.6. The molecule has 0 fully saturated rings. The zero-order valence-electron chi connectivity index (χ0n) is 43.0. The van der Waals surface area contributed by atoms with Crippen molar-refractivity contribution in [3.8, 4) is 51.4 Å². The Labute approximate surface area is 475 Å². The molecule has 0 saturated heterocycles. The SMILES string of the molecule is COc1ccc(Cc2ccc(Oc3c(F)c(F)c(-c4c(F)c(F)c(Oc5ccc(Cc6ccc(Oc7ccc(P(=O)(c8ccc(C)cc8)c8cccc(S(=O)(=O)O)c8)cc7S(=O)(=O)O)cc6)cc5)c(F)c4F)c(F)c3F)cc2)cc1.O=S(=O)=O. The first-order valence-corrected chi connectivity index (χ1v) is 29.6. The molecule has 0 bridgehead atoms. The zero-order chi connectivity index (χ0) is 61.0. The van der Waals surface area contributed by atoms with Crippen LogP contribution in [0.1, 0.15) is 27.8 Å². The van der Waals surface area contributed by atoms with E-state index in [-0.39, 0.29) is 45.3 Å². The first kappa shape index (κ1) is 61.4. The number of rotatable bonds is 17. The zero-order valence-corrected chi connectivity index (χ0v) is 46.3. The van der Waals surface area contributed by atoms with Crippen molar-refractivity contribution in [2.24, 2.45) is 0 Å². The number of hydrogen-bond donors (Lipinski definition) is 2. The summed E-state index contributed by atoms with van der Waals surface area (Å²) in [5.74, 6) is -22.6. The molecule has 0 aliphatic rings. The van der Waals surface area contributed by atoms with E-state index in [0.717, 1.165) is 47.5 Å². The highest BCUT2D eigenvalue weighted by Crippen LogP contribution is 2.46. The first-order valence-electron chi connectivity index (χ1n) is 24.0. The molecule has 0 radical (unpaired) electrons. The minimum Gasteiger partial charge on any atom is -0.497 e. The summed E-state index contributed by atoms with van der Waals surface area (Å²) < 4.78 is 256. The third-order valence-corrected chi connectivity index (χ3v) is 17.3. The van der Waals surface area contributed by atoms with Crippen molar-refractivity contribution in [2.45, 2.75) is 29.6 Å². The summed E-state index contributed by atoms with van der Waals surface area (Å²) in [5, 5.41) is -0.0423. The van der Waals surface area contributed by atoms with Gasteiger partial charge in [0, 0.05) is 15.9 Å². The average molecular weight is 1240 g/mol. The topological polar surface area (TPSA) is 214 Å². The van der Waals surface area contributed by atoms with Gasteiger partial charge in [0.15, 0.2) is 30.4 Å². The van der Waals surface area contributed by atoms with Crippen LogP contribution in [-0.2, 0) is 48.3 Å². The molecule has 0 aliphatic heterocycles. The van der Waals surface area contributed by atoms with E-state index in [4.69, 9.17) is 31.6 Å². The lowest BCUT2D eigenvalue weighted by Gasteiger charge is -2.22. The van der Waals surface area contributed by atoms with Gasteiger partial charge in [-0.15, -0.1) is 12.6 Å². The van der Waals surface area contributed by atoms with Crippen molar-refractivity contribution < 1.29 is 97.2 Å². The maximum atomic E-state index is 15.6. The van der Waals surface area contributed by atoms with Gasteiger partial charge in [0.25, 0.3) is 20.2 Å². The molecule has 26 heteroatoms. The second-order valence-electron chi connectivity index (χ2n) is 18.1. The lowest BCUT2D eigenvalue weighted by Crippen LogP contribution is -2.26. The Hall–Kier alpha value is -8.71. The number of halogens is 8. The number of methoxy groups -OCH3 is 1. The fraction of sp³-hybridized carbons (Fsp3) is 0.0690. The lowest BCUT2D eigenvalue weighted by molar-refractivity contribution is 0.360. The van der Waals surface area contributed by atoms with E-state index in [0.29, 0.717) is 28.9 Å². The van der Waals surface area contributed by atoms with Crippen LogP contribution < -0.4 is 34.9 Å². The fourth-order valence-electron chi connectivity index (χ4n) is 8.47. The molecule has 0 spiro atoms. The van der Waals surface area contributed by atoms with Gasteiger partial charge in [-0.2, -0.15) is 34.4 Å². The second-order valence-corrected chi connectivity index (χ2v) is 24.1. The van der Waals surface area contributed by atoms with Crippen LogP contribution in [0.2, 0.25) is 0 Å². The quantitative estimate of drug-likeness (QED) is 0.0376. The van der Waals surface area contributed by atoms with Crippen molar-refractivity contribution in [1.29, 1.82) is 0 Å². The summed E-state index contributed by atoms with van der Waals surface area (Å²) in [7, 11) is -15.6. The van der Waals surface area contributed by atoms with Gasteiger partial charge in [0.05, 0.1) is 23.1 Å². The van der Waals surface area contributed by atoms with Crippen LogP contribution >= 0.6 is 7.14 Å². The van der Waals surface area contributed by atoms with E-state index >= 15 is 39.7 Å². The summed E-state index contributed by atoms with van der Waals surface area (Å²) in [5.41, 5.74) is -0.693. The van der Waals surface area contributed by atoms with E-state index in [1.54, 1.807) is 55.5 Å². The fourth-order valence-corrected chi connectivity index (χ4v) is 12.5. The van der Waals surface area contributed by atoms with Gasteiger partial charge in [0.1, 0.15) is 33.6 Å². The third-order valence-electron chi connectivity index (χ3n) is 12.6. The second kappa shape index (κ2) is 25.0. The molecular weight excluding hydrogens is 1200 g/mol. The Morgan fingerprint density at radius 3 is 1.17 bits per heavy atom. The molecule has 0 aromatic heterocycles. The molecule has 84 heavy (non-hydrogen) atoms. The molecule has 0 saturated carbocycles. The molecule has 0 aliphatic carbocycles. The van der Waals surface area contributed by atoms with E-state index in [9.17, 15) is 25.9 Å². The smallest absolute Gasteiger partial charge is 0.425 e. The van der Waals surface area contributed by atoms with Gasteiger partial charge >= 0.3 is 10.6 Å². The molecule has 9 aromatic carbocycles. The van der Waals surface area contributed by atoms with Crippen LogP contribution in [0.15, 0.2) is 174 Å². The van der Waals surface area contributed by atoms with E-state index in [2.05, 4.69) is 0 Å². The van der Waals surface area contributed by atoms with Gasteiger partial charge in [-0.05, 0) is 121 Å². The summed E-state index contributed by atoms with van der Waals surface area (Å²) in [6.07, 6.45) is 0.585. The summed E-state index contributed by atoms with van der Waals surface area (Å²) in [4.78, 5) is -1.35. The van der Waals surface area contributed by atoms with Crippen molar-refractivity contribution in [3.05, 3.63) is 238 Å². The molecule has 1 unspecified atom stereocenters. The van der Waals surface area contributed by atoms with Gasteiger partial charge in [-0.25, -0.2) is 17.6 Å². The molecule has 434 valence electrons. The van der Waals surface area contributed by atoms with Gasteiger partial charge in [-0.1, -0.05) is 90.5 Å². The van der Waals surface area contributed by atoms with Crippen molar-refractivity contribution in [2.75, 3.05) is 7.11 Å². The largest absolute Gasteiger partial charge is 0.497 e. The van der Waals surface area contributed by atoms with Gasteiger partial charge < -0.3 is 23.5 Å². The average Bonchev–Trinajstić information content (AvgIpc) is 1.23. The summed E-state index contributed by atoms with van der Waals surface area (Å²) in [6, 6.07) is 38.1. The molecular formula is C58H39F8O14PS3. The number of aryl methyl sites for hydroxylation is 1. The minimum absolute atomic E-state index is 0.0678. The Morgan fingerprint density at radius 1 is 0.440 bits per heavy atom. The minimum atomic E-state index is -5.09. The van der Waals surface area contributed by atoms with E-state index in [1.807, 2.05) is 0 Å².